The van der Waals surface area contributed by atoms with Crippen LogP contribution in [-0.4, -0.2) is 19.6 Å². The summed E-state index contributed by atoms with van der Waals surface area (Å²) in [4.78, 5) is 11.1. The first-order valence-corrected chi connectivity index (χ1v) is 9.01. The van der Waals surface area contributed by atoms with E-state index in [9.17, 15) is 4.79 Å². The summed E-state index contributed by atoms with van der Waals surface area (Å²) in [5, 5.41) is 2.85. The van der Waals surface area contributed by atoms with E-state index in [4.69, 9.17) is 4.74 Å². The van der Waals surface area contributed by atoms with E-state index in [1.165, 1.54) is 31.2 Å². The third-order valence-corrected chi connectivity index (χ3v) is 4.51. The van der Waals surface area contributed by atoms with Crippen molar-refractivity contribution in [1.29, 1.82) is 0 Å². The number of carbonyl (C=O) groups excluding carboxylic acids is 1. The van der Waals surface area contributed by atoms with Crippen LogP contribution in [0.4, 0.5) is 0 Å². The Morgan fingerprint density at radius 1 is 1.17 bits per heavy atom. The fourth-order valence-corrected chi connectivity index (χ4v) is 3.13. The van der Waals surface area contributed by atoms with E-state index < -0.39 is 0 Å². The van der Waals surface area contributed by atoms with Crippen LogP contribution < -0.4 is 10.1 Å². The summed E-state index contributed by atoms with van der Waals surface area (Å²) in [7, 11) is 1.67. The van der Waals surface area contributed by atoms with Gasteiger partial charge in [0.05, 0.1) is 7.11 Å². The van der Waals surface area contributed by atoms with Crippen LogP contribution in [0.2, 0.25) is 0 Å². The number of hydrogen-bond acceptors (Lipinski definition) is 2. The summed E-state index contributed by atoms with van der Waals surface area (Å²) in [5.74, 6) is 2.41. The molecule has 1 N–H and O–H groups in total. The van der Waals surface area contributed by atoms with Gasteiger partial charge in [-0.2, -0.15) is 0 Å². The van der Waals surface area contributed by atoms with Crippen molar-refractivity contribution in [3.8, 4) is 5.75 Å². The Morgan fingerprint density at radius 2 is 1.83 bits per heavy atom. The van der Waals surface area contributed by atoms with Gasteiger partial charge in [0.1, 0.15) is 5.75 Å². The van der Waals surface area contributed by atoms with Crippen LogP contribution in [0.1, 0.15) is 69.9 Å². The molecule has 1 aromatic rings. The number of rotatable bonds is 2. The third kappa shape index (κ3) is 6.25. The van der Waals surface area contributed by atoms with Crippen LogP contribution in [0.3, 0.4) is 0 Å². The number of hydrogen-bond donors (Lipinski definition) is 1. The molecule has 2 aliphatic rings. The minimum Gasteiger partial charge on any atom is -0.496 e. The maximum absolute atomic E-state index is 11.1. The van der Waals surface area contributed by atoms with E-state index in [0.29, 0.717) is 12.3 Å². The van der Waals surface area contributed by atoms with Crippen LogP contribution in [-0.2, 0) is 4.79 Å². The van der Waals surface area contributed by atoms with Crippen molar-refractivity contribution in [3.63, 3.8) is 0 Å². The van der Waals surface area contributed by atoms with Crippen molar-refractivity contribution in [2.75, 3.05) is 13.7 Å². The average molecular weight is 319 g/mol. The highest BCUT2D eigenvalue weighted by atomic mass is 16.5. The molecule has 3 rings (SSSR count). The maximum Gasteiger partial charge on any atom is 0.220 e. The zero-order valence-corrected chi connectivity index (χ0v) is 15.4. The first-order valence-electron chi connectivity index (χ1n) is 9.01. The van der Waals surface area contributed by atoms with Gasteiger partial charge in [0.25, 0.3) is 0 Å². The molecule has 3 heteroatoms. The summed E-state index contributed by atoms with van der Waals surface area (Å²) in [6.45, 7) is 9.12. The van der Waals surface area contributed by atoms with Gasteiger partial charge in [-0.25, -0.2) is 0 Å². The maximum atomic E-state index is 11.1. The Hall–Kier alpha value is -1.51. The van der Waals surface area contributed by atoms with Gasteiger partial charge in [-0.05, 0) is 30.0 Å². The SMILES string of the molecule is CC.CC1CCCC1.COc1ccc(C2CNC(=O)C2)cc1C. The molecule has 0 spiro atoms. The van der Waals surface area contributed by atoms with E-state index in [0.717, 1.165) is 23.8 Å². The fourth-order valence-electron chi connectivity index (χ4n) is 3.13. The molecule has 2 fully saturated rings. The molecule has 3 nitrogen and oxygen atoms in total. The molecule has 130 valence electrons. The number of carbonyl (C=O) groups is 1. The lowest BCUT2D eigenvalue weighted by Crippen LogP contribution is -2.13. The summed E-state index contributed by atoms with van der Waals surface area (Å²) in [5.41, 5.74) is 2.33. The molecule has 1 heterocycles. The van der Waals surface area contributed by atoms with Crippen molar-refractivity contribution < 1.29 is 9.53 Å². The number of aryl methyl sites for hydroxylation is 1. The summed E-state index contributed by atoms with van der Waals surface area (Å²) < 4.78 is 5.20. The molecule has 1 unspecified atom stereocenters. The van der Waals surface area contributed by atoms with Gasteiger partial charge in [-0.15, -0.1) is 0 Å². The summed E-state index contributed by atoms with van der Waals surface area (Å²) in [6, 6.07) is 6.11. The first kappa shape index (κ1) is 19.5. The molecule has 1 amide bonds. The van der Waals surface area contributed by atoms with Crippen molar-refractivity contribution in [1.82, 2.24) is 5.32 Å². The quantitative estimate of drug-likeness (QED) is 0.848. The Morgan fingerprint density at radius 3 is 2.22 bits per heavy atom. The lowest BCUT2D eigenvalue weighted by Gasteiger charge is -2.11. The molecule has 1 atom stereocenters. The minimum atomic E-state index is 0.147. The Labute approximate surface area is 141 Å². The van der Waals surface area contributed by atoms with Crippen LogP contribution in [0, 0.1) is 12.8 Å². The predicted molar refractivity (Wildman–Crippen MR) is 97.1 cm³/mol. The molecule has 1 aromatic carbocycles. The second kappa shape index (κ2) is 10.3. The van der Waals surface area contributed by atoms with E-state index >= 15 is 0 Å². The standard InChI is InChI=1S/C12H15NO2.C6H12.C2H6/c1-8-5-9(3-4-11(8)15-2)10-6-12(14)13-7-10;1-6-4-2-3-5-6;1-2/h3-5,10H,6-7H2,1-2H3,(H,13,14);6H,2-5H2,1H3;1-2H3. The zero-order valence-electron chi connectivity index (χ0n) is 15.4. The smallest absolute Gasteiger partial charge is 0.220 e. The highest BCUT2D eigenvalue weighted by molar-refractivity contribution is 5.79. The highest BCUT2D eigenvalue weighted by Crippen LogP contribution is 2.27. The zero-order chi connectivity index (χ0) is 17.2. The Kier molecular flexibility index (Phi) is 8.75. The molecule has 1 saturated heterocycles. The number of methoxy groups -OCH3 is 1. The number of nitrogens with one attached hydrogen (secondary N) is 1. The minimum absolute atomic E-state index is 0.147. The van der Waals surface area contributed by atoms with Crippen LogP contribution in [0.25, 0.3) is 0 Å². The second-order valence-electron chi connectivity index (χ2n) is 6.32. The van der Waals surface area contributed by atoms with Crippen LogP contribution >= 0.6 is 0 Å². The molecule has 1 aliphatic heterocycles. The second-order valence-corrected chi connectivity index (χ2v) is 6.32. The summed E-state index contributed by atoms with van der Waals surface area (Å²) in [6.07, 6.45) is 6.55. The van der Waals surface area contributed by atoms with E-state index in [-0.39, 0.29) is 5.91 Å². The molecular weight excluding hydrogens is 286 g/mol. The van der Waals surface area contributed by atoms with E-state index in [2.05, 4.69) is 18.3 Å². The van der Waals surface area contributed by atoms with Crippen molar-refractivity contribution in [2.24, 2.45) is 5.92 Å². The van der Waals surface area contributed by atoms with Gasteiger partial charge in [0.2, 0.25) is 5.91 Å². The fraction of sp³-hybridized carbons (Fsp3) is 0.650. The van der Waals surface area contributed by atoms with Gasteiger partial charge in [0, 0.05) is 18.9 Å². The van der Waals surface area contributed by atoms with Gasteiger partial charge >= 0.3 is 0 Å². The third-order valence-electron chi connectivity index (χ3n) is 4.51. The predicted octanol–water partition coefficient (Wildman–Crippen LogP) is 4.83. The monoisotopic (exact) mass is 319 g/mol. The van der Waals surface area contributed by atoms with Gasteiger partial charge in [0.15, 0.2) is 0 Å². The van der Waals surface area contributed by atoms with E-state index in [1.54, 1.807) is 7.11 Å². The Bertz CT molecular complexity index is 479. The van der Waals surface area contributed by atoms with Crippen molar-refractivity contribution >= 4 is 5.91 Å². The molecular formula is C20H33NO2. The molecule has 0 bridgehead atoms. The lowest BCUT2D eigenvalue weighted by molar-refractivity contribution is -0.119. The van der Waals surface area contributed by atoms with Crippen LogP contribution in [0.15, 0.2) is 18.2 Å². The number of ether oxygens (including phenoxy) is 1. The normalized spacial score (nSPS) is 20.0. The van der Waals surface area contributed by atoms with Crippen molar-refractivity contribution in [2.45, 2.75) is 65.7 Å². The number of amides is 1. The van der Waals surface area contributed by atoms with Gasteiger partial charge in [-0.3, -0.25) is 4.79 Å². The molecule has 0 aromatic heterocycles. The lowest BCUT2D eigenvalue weighted by atomic mass is 9.96. The van der Waals surface area contributed by atoms with E-state index in [1.807, 2.05) is 32.9 Å². The summed E-state index contributed by atoms with van der Waals surface area (Å²) >= 11 is 0. The van der Waals surface area contributed by atoms with Gasteiger partial charge < -0.3 is 10.1 Å². The molecule has 1 aliphatic carbocycles. The van der Waals surface area contributed by atoms with Crippen molar-refractivity contribution in [3.05, 3.63) is 29.3 Å². The average Bonchev–Trinajstić information content (AvgIpc) is 3.21. The topological polar surface area (TPSA) is 38.3 Å². The first-order chi connectivity index (χ1) is 11.1. The molecule has 1 saturated carbocycles. The molecule has 0 radical (unpaired) electrons. The van der Waals surface area contributed by atoms with Crippen LogP contribution in [0.5, 0.6) is 5.75 Å². The largest absolute Gasteiger partial charge is 0.496 e. The number of benzene rings is 1. The Balaban J connectivity index is 0.000000276. The highest BCUT2D eigenvalue weighted by Gasteiger charge is 2.23. The van der Waals surface area contributed by atoms with Gasteiger partial charge in [-0.1, -0.05) is 58.6 Å². The molecule has 23 heavy (non-hydrogen) atoms.